The summed E-state index contributed by atoms with van der Waals surface area (Å²) in [5, 5.41) is 0. The van der Waals surface area contributed by atoms with Crippen molar-refractivity contribution in [3.63, 3.8) is 0 Å². The minimum absolute atomic E-state index is 0.672. The highest BCUT2D eigenvalue weighted by Gasteiger charge is 2.38. The van der Waals surface area contributed by atoms with E-state index in [-0.39, 0.29) is 0 Å². The lowest BCUT2D eigenvalue weighted by atomic mass is 9.84. The van der Waals surface area contributed by atoms with Crippen molar-refractivity contribution in [1.82, 2.24) is 4.90 Å². The van der Waals surface area contributed by atoms with E-state index in [9.17, 15) is 0 Å². The van der Waals surface area contributed by atoms with Crippen molar-refractivity contribution in [2.75, 3.05) is 7.05 Å². The summed E-state index contributed by atoms with van der Waals surface area (Å²) in [5.41, 5.74) is 5.12. The number of nitrogens with zero attached hydrogens (tertiary/aromatic N) is 1. The zero-order valence-corrected chi connectivity index (χ0v) is 15.6. The predicted octanol–water partition coefficient (Wildman–Crippen LogP) is 5.48. The second-order valence-corrected chi connectivity index (χ2v) is 7.78. The molecular weight excluding hydrogens is 362 g/mol. The van der Waals surface area contributed by atoms with Gasteiger partial charge >= 0.3 is 0 Å². The van der Waals surface area contributed by atoms with Crippen LogP contribution in [0.1, 0.15) is 31.2 Å². The van der Waals surface area contributed by atoms with Gasteiger partial charge in [0.15, 0.2) is 0 Å². The van der Waals surface area contributed by atoms with Gasteiger partial charge in [-0.2, -0.15) is 0 Å². The van der Waals surface area contributed by atoms with Gasteiger partial charge in [0.25, 0.3) is 0 Å². The molecule has 3 heteroatoms. The number of piperidine rings is 1. The van der Waals surface area contributed by atoms with Crippen molar-refractivity contribution in [2.24, 2.45) is 0 Å². The average molecular weight is 384 g/mol. The van der Waals surface area contributed by atoms with Gasteiger partial charge in [0, 0.05) is 27.7 Å². The second-order valence-electron chi connectivity index (χ2n) is 6.87. The molecule has 3 aliphatic heterocycles. The number of rotatable bonds is 2. The van der Waals surface area contributed by atoms with Crippen LogP contribution in [0.2, 0.25) is 0 Å². The molecule has 24 heavy (non-hydrogen) atoms. The SMILES string of the molecule is C=CC1=C(C=C)C(=C2CC3CCC(C2)N3C)c2ccc(Br)cc2O1. The van der Waals surface area contributed by atoms with Crippen LogP contribution < -0.4 is 4.74 Å². The van der Waals surface area contributed by atoms with Crippen LogP contribution in [-0.4, -0.2) is 24.0 Å². The van der Waals surface area contributed by atoms with E-state index in [0.717, 1.165) is 34.4 Å². The highest BCUT2D eigenvalue weighted by atomic mass is 79.9. The van der Waals surface area contributed by atoms with E-state index in [2.05, 4.69) is 53.2 Å². The van der Waals surface area contributed by atoms with E-state index in [4.69, 9.17) is 4.74 Å². The molecule has 3 aliphatic rings. The first-order chi connectivity index (χ1) is 11.6. The van der Waals surface area contributed by atoms with Crippen molar-refractivity contribution in [3.8, 4) is 5.75 Å². The van der Waals surface area contributed by atoms with Crippen molar-refractivity contribution >= 4 is 21.5 Å². The van der Waals surface area contributed by atoms with Gasteiger partial charge in [0.2, 0.25) is 0 Å². The van der Waals surface area contributed by atoms with Gasteiger partial charge in [0.1, 0.15) is 11.5 Å². The number of hydrogen-bond donors (Lipinski definition) is 0. The van der Waals surface area contributed by atoms with Crippen LogP contribution in [0.3, 0.4) is 0 Å². The minimum atomic E-state index is 0.672. The maximum Gasteiger partial charge on any atom is 0.136 e. The molecule has 0 aromatic heterocycles. The number of halogens is 1. The third-order valence-electron chi connectivity index (χ3n) is 5.66. The van der Waals surface area contributed by atoms with Gasteiger partial charge < -0.3 is 4.74 Å². The lowest BCUT2D eigenvalue weighted by Gasteiger charge is -2.35. The summed E-state index contributed by atoms with van der Waals surface area (Å²) >= 11 is 3.55. The maximum absolute atomic E-state index is 6.09. The third-order valence-corrected chi connectivity index (χ3v) is 6.15. The van der Waals surface area contributed by atoms with Crippen molar-refractivity contribution in [3.05, 3.63) is 70.5 Å². The Hall–Kier alpha value is -1.58. The van der Waals surface area contributed by atoms with Gasteiger partial charge in [0.05, 0.1) is 0 Å². The molecule has 0 saturated carbocycles. The molecule has 0 amide bonds. The molecule has 0 N–H and O–H groups in total. The molecule has 4 rings (SSSR count). The summed E-state index contributed by atoms with van der Waals surface area (Å²) in [6, 6.07) is 7.64. The summed E-state index contributed by atoms with van der Waals surface area (Å²) in [6.45, 7) is 7.99. The second kappa shape index (κ2) is 6.05. The van der Waals surface area contributed by atoms with Crippen LogP contribution in [0.4, 0.5) is 0 Å². The standard InChI is InChI=1S/C21H22BrNO/c1-4-17-19(5-2)24-20-12-14(22)6-9-18(20)21(17)13-10-15-7-8-16(11-13)23(15)3/h4-6,9,12,15-16H,1-2,7-8,10-11H2,3H3. The molecule has 2 atom stereocenters. The Labute approximate surface area is 152 Å². The van der Waals surface area contributed by atoms with Crippen LogP contribution in [0, 0.1) is 0 Å². The summed E-state index contributed by atoms with van der Waals surface area (Å²) in [6.07, 6.45) is 8.61. The minimum Gasteiger partial charge on any atom is -0.456 e. The topological polar surface area (TPSA) is 12.5 Å². The molecule has 2 nitrogen and oxygen atoms in total. The zero-order valence-electron chi connectivity index (χ0n) is 14.0. The first-order valence-electron chi connectivity index (χ1n) is 8.53. The van der Waals surface area contributed by atoms with E-state index in [1.54, 1.807) is 11.6 Å². The van der Waals surface area contributed by atoms with E-state index < -0.39 is 0 Å². The largest absolute Gasteiger partial charge is 0.456 e. The van der Waals surface area contributed by atoms with Gasteiger partial charge in [-0.3, -0.25) is 4.90 Å². The number of benzene rings is 1. The van der Waals surface area contributed by atoms with Gasteiger partial charge in [-0.15, -0.1) is 0 Å². The molecule has 0 aliphatic carbocycles. The number of fused-ring (bicyclic) bond motifs is 3. The van der Waals surface area contributed by atoms with E-state index in [1.807, 2.05) is 12.1 Å². The van der Waals surface area contributed by atoms with Crippen molar-refractivity contribution in [1.29, 1.82) is 0 Å². The summed E-state index contributed by atoms with van der Waals surface area (Å²) in [7, 11) is 2.28. The number of hydrogen-bond acceptors (Lipinski definition) is 2. The molecule has 0 radical (unpaired) electrons. The monoisotopic (exact) mass is 383 g/mol. The first kappa shape index (κ1) is 15.9. The Morgan fingerprint density at radius 3 is 2.50 bits per heavy atom. The van der Waals surface area contributed by atoms with Crippen LogP contribution in [-0.2, 0) is 0 Å². The van der Waals surface area contributed by atoms with Crippen molar-refractivity contribution < 1.29 is 4.74 Å². The molecule has 2 unspecified atom stereocenters. The molecule has 1 aromatic rings. The molecule has 1 aromatic carbocycles. The average Bonchev–Trinajstić information content (AvgIpc) is 2.81. The Bertz CT molecular complexity index is 773. The molecule has 2 fully saturated rings. The van der Waals surface area contributed by atoms with Crippen LogP contribution in [0.5, 0.6) is 5.75 Å². The van der Waals surface area contributed by atoms with E-state index in [0.29, 0.717) is 12.1 Å². The fourth-order valence-corrected chi connectivity index (χ4v) is 4.74. The maximum atomic E-state index is 6.09. The smallest absolute Gasteiger partial charge is 0.136 e. The highest BCUT2D eigenvalue weighted by Crippen LogP contribution is 2.47. The van der Waals surface area contributed by atoms with Crippen LogP contribution >= 0.6 is 15.9 Å². The van der Waals surface area contributed by atoms with Gasteiger partial charge in [-0.25, -0.2) is 0 Å². The molecule has 0 spiro atoms. The molecular formula is C21H22BrNO. The van der Waals surface area contributed by atoms with E-state index >= 15 is 0 Å². The van der Waals surface area contributed by atoms with Crippen LogP contribution in [0.15, 0.2) is 64.9 Å². The quantitative estimate of drug-likeness (QED) is 0.670. The third kappa shape index (κ3) is 2.42. The fourth-order valence-electron chi connectivity index (χ4n) is 4.40. The normalized spacial score (nSPS) is 26.2. The molecule has 2 bridgehead atoms. The fraction of sp³-hybridized carbons (Fsp3) is 0.333. The van der Waals surface area contributed by atoms with Gasteiger partial charge in [-0.05, 0) is 62.6 Å². The lowest BCUT2D eigenvalue weighted by Crippen LogP contribution is -2.37. The molecule has 2 saturated heterocycles. The predicted molar refractivity (Wildman–Crippen MR) is 103 cm³/mol. The zero-order chi connectivity index (χ0) is 16.8. The van der Waals surface area contributed by atoms with Gasteiger partial charge in [-0.1, -0.05) is 40.7 Å². The van der Waals surface area contributed by atoms with Crippen molar-refractivity contribution in [2.45, 2.75) is 37.8 Å². The summed E-state index contributed by atoms with van der Waals surface area (Å²) < 4.78 is 7.12. The highest BCUT2D eigenvalue weighted by molar-refractivity contribution is 9.10. The van der Waals surface area contributed by atoms with Crippen LogP contribution in [0.25, 0.3) is 5.57 Å². The van der Waals surface area contributed by atoms with E-state index in [1.165, 1.54) is 24.0 Å². The summed E-state index contributed by atoms with van der Waals surface area (Å²) in [4.78, 5) is 2.57. The lowest BCUT2D eigenvalue weighted by molar-refractivity contribution is 0.210. The Morgan fingerprint density at radius 2 is 1.88 bits per heavy atom. The summed E-state index contributed by atoms with van der Waals surface area (Å²) in [5.74, 6) is 1.71. The number of allylic oxidation sites excluding steroid dienone is 4. The number of ether oxygens (including phenoxy) is 1. The molecule has 3 heterocycles. The molecule has 124 valence electrons. The Balaban J connectivity index is 1.91. The Morgan fingerprint density at radius 1 is 1.17 bits per heavy atom. The first-order valence-corrected chi connectivity index (χ1v) is 9.33. The Kier molecular flexibility index (Phi) is 4.01.